The highest BCUT2D eigenvalue weighted by Gasteiger charge is 2.41. The number of rotatable bonds is 7. The highest BCUT2D eigenvalue weighted by atomic mass is 32.2. The monoisotopic (exact) mass is 455 g/mol. The fourth-order valence-corrected chi connectivity index (χ4v) is 5.30. The fraction of sp³-hybridized carbons (Fsp3) is 0.458. The third-order valence-corrected chi connectivity index (χ3v) is 6.89. The maximum Gasteiger partial charge on any atom is 0.338 e. The average molecular weight is 456 g/mol. The minimum absolute atomic E-state index is 0.0676. The van der Waals surface area contributed by atoms with E-state index in [1.54, 1.807) is 0 Å². The molecular weight excluding hydrogens is 426 g/mol. The molecule has 0 unspecified atom stereocenters. The Morgan fingerprint density at radius 3 is 2.84 bits per heavy atom. The smallest absolute Gasteiger partial charge is 0.338 e. The molecule has 0 aromatic heterocycles. The van der Waals surface area contributed by atoms with Crippen LogP contribution in [0.2, 0.25) is 0 Å². The molecular formula is C24H29N3O4S. The maximum absolute atomic E-state index is 12.9. The number of carbonyl (C=O) groups is 2. The van der Waals surface area contributed by atoms with Crippen molar-refractivity contribution < 1.29 is 19.1 Å². The summed E-state index contributed by atoms with van der Waals surface area (Å²) in [7, 11) is 1.39. The molecule has 8 heteroatoms. The number of amides is 1. The van der Waals surface area contributed by atoms with Gasteiger partial charge in [-0.2, -0.15) is 0 Å². The van der Waals surface area contributed by atoms with Gasteiger partial charge in [0.05, 0.1) is 36.9 Å². The Labute approximate surface area is 192 Å². The first-order chi connectivity index (χ1) is 15.5. The summed E-state index contributed by atoms with van der Waals surface area (Å²) in [6.07, 6.45) is 2.93. The van der Waals surface area contributed by atoms with Crippen molar-refractivity contribution in [3.63, 3.8) is 0 Å². The van der Waals surface area contributed by atoms with Crippen LogP contribution in [0, 0.1) is 6.92 Å². The van der Waals surface area contributed by atoms with Crippen molar-refractivity contribution in [3.05, 3.63) is 57.8 Å². The Kier molecular flexibility index (Phi) is 7.01. The second-order valence-electron chi connectivity index (χ2n) is 8.07. The van der Waals surface area contributed by atoms with Crippen molar-refractivity contribution >= 4 is 28.8 Å². The van der Waals surface area contributed by atoms with Crippen molar-refractivity contribution in [1.82, 2.24) is 10.2 Å². The molecule has 0 bridgehead atoms. The van der Waals surface area contributed by atoms with Gasteiger partial charge in [-0.3, -0.25) is 4.79 Å². The Morgan fingerprint density at radius 2 is 2.16 bits per heavy atom. The Bertz CT molecular complexity index is 995. The molecule has 1 fully saturated rings. The quantitative estimate of drug-likeness (QED) is 0.630. The normalized spacial score (nSPS) is 22.4. The number of hydrogen-bond acceptors (Lipinski definition) is 7. The van der Waals surface area contributed by atoms with E-state index < -0.39 is 12.0 Å². The fourth-order valence-electron chi connectivity index (χ4n) is 4.36. The molecule has 1 aromatic rings. The van der Waals surface area contributed by atoms with Crippen molar-refractivity contribution in [2.45, 2.75) is 51.7 Å². The molecule has 0 radical (unpaired) electrons. The molecule has 1 aromatic carbocycles. The van der Waals surface area contributed by atoms with E-state index >= 15 is 0 Å². The highest BCUT2D eigenvalue weighted by Crippen LogP contribution is 2.46. The molecule has 1 amide bonds. The van der Waals surface area contributed by atoms with Crippen LogP contribution in [0.5, 0.6) is 0 Å². The van der Waals surface area contributed by atoms with Gasteiger partial charge in [0, 0.05) is 18.8 Å². The summed E-state index contributed by atoms with van der Waals surface area (Å²) in [5, 5.41) is 5.74. The van der Waals surface area contributed by atoms with E-state index in [1.807, 2.05) is 48.4 Å². The molecule has 3 aliphatic heterocycles. The number of carbonyl (C=O) groups excluding carboxylic acids is 2. The lowest BCUT2D eigenvalue weighted by molar-refractivity contribution is -0.136. The molecule has 1 N–H and O–H groups in total. The van der Waals surface area contributed by atoms with Gasteiger partial charge in [0.15, 0.2) is 5.17 Å². The predicted octanol–water partition coefficient (Wildman–Crippen LogP) is 3.82. The third-order valence-electron chi connectivity index (χ3n) is 6.00. The summed E-state index contributed by atoms with van der Waals surface area (Å²) in [5.41, 5.74) is 4.14. The largest absolute Gasteiger partial charge is 0.466 e. The Morgan fingerprint density at radius 1 is 1.34 bits per heavy atom. The van der Waals surface area contributed by atoms with Crippen molar-refractivity contribution in [2.24, 2.45) is 4.99 Å². The number of hydrogen-bond donors (Lipinski definition) is 1. The lowest BCUT2D eigenvalue weighted by Crippen LogP contribution is -2.39. The van der Waals surface area contributed by atoms with E-state index in [9.17, 15) is 9.59 Å². The number of amidine groups is 1. The molecule has 1 saturated heterocycles. The number of fused-ring (bicyclic) bond motifs is 1. The Balaban J connectivity index is 1.64. The predicted molar refractivity (Wildman–Crippen MR) is 125 cm³/mol. The van der Waals surface area contributed by atoms with Crippen LogP contribution in [0.15, 0.2) is 51.6 Å². The number of aryl methyl sites for hydroxylation is 1. The summed E-state index contributed by atoms with van der Waals surface area (Å²) in [6.45, 7) is 5.30. The summed E-state index contributed by atoms with van der Waals surface area (Å²) < 4.78 is 10.8. The minimum Gasteiger partial charge on any atom is -0.466 e. The lowest BCUT2D eigenvalue weighted by atomic mass is 9.90. The van der Waals surface area contributed by atoms with Crippen LogP contribution in [0.25, 0.3) is 0 Å². The first kappa shape index (κ1) is 22.6. The zero-order valence-electron chi connectivity index (χ0n) is 18.7. The molecule has 170 valence electrons. The van der Waals surface area contributed by atoms with Crippen molar-refractivity contribution in [3.8, 4) is 0 Å². The summed E-state index contributed by atoms with van der Waals surface area (Å²) in [5.74, 6) is -0.459. The van der Waals surface area contributed by atoms with Crippen molar-refractivity contribution in [1.29, 1.82) is 0 Å². The van der Waals surface area contributed by atoms with Crippen LogP contribution in [-0.2, 0) is 19.1 Å². The van der Waals surface area contributed by atoms with E-state index in [2.05, 4.69) is 5.32 Å². The number of allylic oxidation sites excluding steroid dienone is 1. The number of ether oxygens (including phenoxy) is 2. The lowest BCUT2D eigenvalue weighted by Gasteiger charge is -2.37. The van der Waals surface area contributed by atoms with E-state index in [-0.39, 0.29) is 18.4 Å². The topological polar surface area (TPSA) is 80.2 Å². The van der Waals surface area contributed by atoms with Crippen LogP contribution in [-0.4, -0.2) is 48.3 Å². The van der Waals surface area contributed by atoms with Gasteiger partial charge in [0.25, 0.3) is 0 Å². The molecule has 0 spiro atoms. The molecule has 4 rings (SSSR count). The van der Waals surface area contributed by atoms with Gasteiger partial charge in [-0.1, -0.05) is 43.0 Å². The minimum atomic E-state index is -0.392. The maximum atomic E-state index is 12.9. The molecule has 0 saturated carbocycles. The van der Waals surface area contributed by atoms with Crippen LogP contribution < -0.4 is 5.32 Å². The van der Waals surface area contributed by atoms with E-state index in [0.717, 1.165) is 47.1 Å². The molecule has 0 aliphatic carbocycles. The van der Waals surface area contributed by atoms with E-state index in [4.69, 9.17) is 14.5 Å². The van der Waals surface area contributed by atoms with Gasteiger partial charge in [-0.15, -0.1) is 0 Å². The summed E-state index contributed by atoms with van der Waals surface area (Å²) in [4.78, 5) is 32.4. The molecule has 2 atom stereocenters. The molecule has 7 nitrogen and oxygen atoms in total. The van der Waals surface area contributed by atoms with Crippen LogP contribution in [0.3, 0.4) is 0 Å². The van der Waals surface area contributed by atoms with Gasteiger partial charge < -0.3 is 19.7 Å². The van der Waals surface area contributed by atoms with E-state index in [0.29, 0.717) is 18.5 Å². The molecule has 3 heterocycles. The number of nitrogens with zero attached hydrogens (tertiary/aromatic N) is 2. The van der Waals surface area contributed by atoms with Gasteiger partial charge in [0.2, 0.25) is 5.91 Å². The van der Waals surface area contributed by atoms with Gasteiger partial charge in [0.1, 0.15) is 0 Å². The third kappa shape index (κ3) is 4.47. The first-order valence-electron chi connectivity index (χ1n) is 11.0. The first-order valence-corrected chi connectivity index (χ1v) is 11.9. The van der Waals surface area contributed by atoms with Gasteiger partial charge >= 0.3 is 5.97 Å². The number of thioether (sulfide) groups is 1. The number of methoxy groups -OCH3 is 1. The number of aliphatic imine (C=N–C) groups is 1. The zero-order chi connectivity index (χ0) is 22.7. The number of benzene rings is 1. The van der Waals surface area contributed by atoms with Crippen LogP contribution in [0.1, 0.15) is 49.8 Å². The second kappa shape index (κ2) is 9.92. The summed E-state index contributed by atoms with van der Waals surface area (Å²) in [6, 6.07) is 7.61. The average Bonchev–Trinajstić information content (AvgIpc) is 3.46. The molecule has 3 aliphatic rings. The standard InChI is InChI=1S/C24H29N3O4S/c1-4-19-21(23(29)30-3)22(18-10-6-5-8-15(18)2)27-16(14-32-24(27)26-19)12-20(28)25-13-17-9-7-11-31-17/h5-6,8,10,14,17,22H,4,7,9,11-13H2,1-3H3,(H,25,28)/t17-,22+/m0/s1. The highest BCUT2D eigenvalue weighted by molar-refractivity contribution is 8.16. The second-order valence-corrected chi connectivity index (χ2v) is 8.91. The summed E-state index contributed by atoms with van der Waals surface area (Å²) >= 11 is 1.49. The van der Waals surface area contributed by atoms with Gasteiger partial charge in [-0.25, -0.2) is 9.79 Å². The molecule has 32 heavy (non-hydrogen) atoms. The zero-order valence-corrected chi connectivity index (χ0v) is 19.5. The number of esters is 1. The number of nitrogens with one attached hydrogen (secondary N) is 1. The van der Waals surface area contributed by atoms with Crippen LogP contribution >= 0.6 is 11.8 Å². The van der Waals surface area contributed by atoms with Crippen LogP contribution in [0.4, 0.5) is 0 Å². The SMILES string of the molecule is CCC1=C(C(=O)OC)[C@@H](c2ccccc2C)N2C(CC(=O)NC[C@@H]3CCCO3)=CSC2=N1. The van der Waals surface area contributed by atoms with E-state index in [1.165, 1.54) is 18.9 Å². The van der Waals surface area contributed by atoms with Crippen molar-refractivity contribution in [2.75, 3.05) is 20.3 Å². The Hall–Kier alpha value is -2.58. The van der Waals surface area contributed by atoms with Gasteiger partial charge in [-0.05, 0) is 42.7 Å².